The monoisotopic (exact) mass is 292 g/mol. The number of benzene rings is 1. The van der Waals surface area contributed by atoms with Crippen LogP contribution in [0, 0.1) is 0 Å². The van der Waals surface area contributed by atoms with E-state index in [0.29, 0.717) is 16.7 Å². The highest BCUT2D eigenvalue weighted by atomic mass is 32.1. The SMILES string of the molecule is CCNc1nnc(C(=O)Nc2ccccc2COC)s1. The summed E-state index contributed by atoms with van der Waals surface area (Å²) in [5.41, 5.74) is 1.64. The summed E-state index contributed by atoms with van der Waals surface area (Å²) in [5, 5.41) is 14.6. The summed E-state index contributed by atoms with van der Waals surface area (Å²) >= 11 is 1.23. The van der Waals surface area contributed by atoms with Crippen molar-refractivity contribution in [2.24, 2.45) is 0 Å². The van der Waals surface area contributed by atoms with E-state index in [1.54, 1.807) is 7.11 Å². The predicted octanol–water partition coefficient (Wildman–Crippen LogP) is 2.37. The number of hydrogen-bond donors (Lipinski definition) is 2. The van der Waals surface area contributed by atoms with Crippen molar-refractivity contribution in [3.63, 3.8) is 0 Å². The Morgan fingerprint density at radius 3 is 2.90 bits per heavy atom. The topological polar surface area (TPSA) is 76.1 Å². The van der Waals surface area contributed by atoms with E-state index in [1.165, 1.54) is 11.3 Å². The molecule has 0 spiro atoms. The summed E-state index contributed by atoms with van der Waals surface area (Å²) in [5.74, 6) is -0.268. The van der Waals surface area contributed by atoms with Gasteiger partial charge in [-0.25, -0.2) is 0 Å². The van der Waals surface area contributed by atoms with Gasteiger partial charge in [-0.3, -0.25) is 4.79 Å². The van der Waals surface area contributed by atoms with Crippen molar-refractivity contribution in [3.8, 4) is 0 Å². The van der Waals surface area contributed by atoms with Gasteiger partial charge in [-0.15, -0.1) is 10.2 Å². The number of nitrogens with one attached hydrogen (secondary N) is 2. The first-order valence-corrected chi connectivity index (χ1v) is 7.01. The number of anilines is 2. The van der Waals surface area contributed by atoms with Gasteiger partial charge in [0.05, 0.1) is 6.61 Å². The maximum absolute atomic E-state index is 12.1. The molecule has 20 heavy (non-hydrogen) atoms. The third-order valence-corrected chi connectivity index (χ3v) is 3.39. The van der Waals surface area contributed by atoms with Crippen molar-refractivity contribution in [3.05, 3.63) is 34.8 Å². The molecule has 0 saturated carbocycles. The summed E-state index contributed by atoms with van der Waals surface area (Å²) in [6.07, 6.45) is 0. The maximum Gasteiger partial charge on any atom is 0.286 e. The molecular weight excluding hydrogens is 276 g/mol. The average Bonchev–Trinajstić information content (AvgIpc) is 2.90. The molecule has 0 bridgehead atoms. The standard InChI is InChI=1S/C13H16N4O2S/c1-3-14-13-17-16-12(20-13)11(18)15-10-7-5-4-6-9(10)8-19-2/h4-7H,3,8H2,1-2H3,(H,14,17)(H,15,18). The Morgan fingerprint density at radius 1 is 1.35 bits per heavy atom. The molecule has 0 fully saturated rings. The highest BCUT2D eigenvalue weighted by Crippen LogP contribution is 2.19. The Bertz CT molecular complexity index is 585. The largest absolute Gasteiger partial charge is 0.380 e. The van der Waals surface area contributed by atoms with E-state index in [0.717, 1.165) is 17.8 Å². The molecule has 0 aliphatic heterocycles. The number of ether oxygens (including phenoxy) is 1. The van der Waals surface area contributed by atoms with Gasteiger partial charge < -0.3 is 15.4 Å². The molecule has 2 rings (SSSR count). The molecule has 0 aliphatic carbocycles. The molecule has 1 amide bonds. The first kappa shape index (κ1) is 14.4. The predicted molar refractivity (Wildman–Crippen MR) is 79.2 cm³/mol. The molecule has 0 saturated heterocycles. The van der Waals surface area contributed by atoms with Crippen molar-refractivity contribution < 1.29 is 9.53 Å². The zero-order valence-electron chi connectivity index (χ0n) is 11.3. The summed E-state index contributed by atoms with van der Waals surface area (Å²) in [4.78, 5) is 12.1. The normalized spacial score (nSPS) is 10.3. The second kappa shape index (κ2) is 6.97. The molecule has 0 unspecified atom stereocenters. The van der Waals surface area contributed by atoms with Crippen LogP contribution in [0.3, 0.4) is 0 Å². The van der Waals surface area contributed by atoms with E-state index < -0.39 is 0 Å². The second-order valence-electron chi connectivity index (χ2n) is 3.99. The number of para-hydroxylation sites is 1. The lowest BCUT2D eigenvalue weighted by Crippen LogP contribution is -2.13. The van der Waals surface area contributed by atoms with E-state index in [1.807, 2.05) is 31.2 Å². The average molecular weight is 292 g/mol. The molecule has 2 aromatic rings. The lowest BCUT2D eigenvalue weighted by atomic mass is 10.2. The lowest BCUT2D eigenvalue weighted by molar-refractivity contribution is 0.102. The van der Waals surface area contributed by atoms with Gasteiger partial charge in [-0.1, -0.05) is 29.5 Å². The van der Waals surface area contributed by atoms with Crippen LogP contribution in [0.15, 0.2) is 24.3 Å². The van der Waals surface area contributed by atoms with Gasteiger partial charge in [0.2, 0.25) is 10.1 Å². The molecule has 1 aromatic heterocycles. The third kappa shape index (κ3) is 3.52. The smallest absolute Gasteiger partial charge is 0.286 e. The van der Waals surface area contributed by atoms with Crippen LogP contribution in [0.1, 0.15) is 22.3 Å². The van der Waals surface area contributed by atoms with Crippen molar-refractivity contribution in [1.29, 1.82) is 0 Å². The van der Waals surface area contributed by atoms with E-state index in [9.17, 15) is 4.79 Å². The van der Waals surface area contributed by atoms with Gasteiger partial charge in [-0.05, 0) is 13.0 Å². The molecule has 0 aliphatic rings. The minimum Gasteiger partial charge on any atom is -0.380 e. The molecule has 0 radical (unpaired) electrons. The van der Waals surface area contributed by atoms with E-state index in [-0.39, 0.29) is 5.91 Å². The fourth-order valence-electron chi connectivity index (χ4n) is 1.64. The molecule has 7 heteroatoms. The van der Waals surface area contributed by atoms with Crippen molar-refractivity contribution in [2.75, 3.05) is 24.3 Å². The zero-order chi connectivity index (χ0) is 14.4. The van der Waals surface area contributed by atoms with Gasteiger partial charge in [0.1, 0.15) is 0 Å². The highest BCUT2D eigenvalue weighted by Gasteiger charge is 2.14. The molecule has 106 valence electrons. The summed E-state index contributed by atoms with van der Waals surface area (Å²) in [6.45, 7) is 3.14. The summed E-state index contributed by atoms with van der Waals surface area (Å²) in [6, 6.07) is 7.50. The van der Waals surface area contributed by atoms with E-state index in [4.69, 9.17) is 4.74 Å². The molecule has 0 atom stereocenters. The van der Waals surface area contributed by atoms with Crippen LogP contribution < -0.4 is 10.6 Å². The Balaban J connectivity index is 2.10. The van der Waals surface area contributed by atoms with E-state index >= 15 is 0 Å². The Morgan fingerprint density at radius 2 is 2.15 bits per heavy atom. The van der Waals surface area contributed by atoms with Crippen molar-refractivity contribution >= 4 is 28.1 Å². The van der Waals surface area contributed by atoms with Crippen LogP contribution in [-0.4, -0.2) is 29.8 Å². The molecule has 6 nitrogen and oxygen atoms in total. The summed E-state index contributed by atoms with van der Waals surface area (Å²) in [7, 11) is 1.62. The van der Waals surface area contributed by atoms with Gasteiger partial charge in [0, 0.05) is 24.9 Å². The van der Waals surface area contributed by atoms with Gasteiger partial charge >= 0.3 is 0 Å². The second-order valence-corrected chi connectivity index (χ2v) is 4.96. The number of carbonyl (C=O) groups is 1. The fourth-order valence-corrected chi connectivity index (χ4v) is 2.34. The van der Waals surface area contributed by atoms with Crippen molar-refractivity contribution in [2.45, 2.75) is 13.5 Å². The number of aromatic nitrogens is 2. The van der Waals surface area contributed by atoms with Crippen LogP contribution in [-0.2, 0) is 11.3 Å². The van der Waals surface area contributed by atoms with Crippen LogP contribution >= 0.6 is 11.3 Å². The van der Waals surface area contributed by atoms with Gasteiger partial charge in [-0.2, -0.15) is 0 Å². The number of nitrogens with zero attached hydrogens (tertiary/aromatic N) is 2. The molecule has 1 aromatic carbocycles. The van der Waals surface area contributed by atoms with Crippen molar-refractivity contribution in [1.82, 2.24) is 10.2 Å². The van der Waals surface area contributed by atoms with Gasteiger partial charge in [0.15, 0.2) is 0 Å². The number of amides is 1. The van der Waals surface area contributed by atoms with E-state index in [2.05, 4.69) is 20.8 Å². The Labute approximate surface area is 121 Å². The summed E-state index contributed by atoms with van der Waals surface area (Å²) < 4.78 is 5.11. The third-order valence-electron chi connectivity index (χ3n) is 2.51. The van der Waals surface area contributed by atoms with Crippen LogP contribution in [0.4, 0.5) is 10.8 Å². The molecule has 1 heterocycles. The van der Waals surface area contributed by atoms with Crippen LogP contribution in [0.5, 0.6) is 0 Å². The van der Waals surface area contributed by atoms with Crippen LogP contribution in [0.25, 0.3) is 0 Å². The zero-order valence-corrected chi connectivity index (χ0v) is 12.2. The Hall–Kier alpha value is -1.99. The first-order valence-electron chi connectivity index (χ1n) is 6.20. The molecule has 2 N–H and O–H groups in total. The number of carbonyl (C=O) groups excluding carboxylic acids is 1. The number of hydrogen-bond acceptors (Lipinski definition) is 6. The molecular formula is C13H16N4O2S. The fraction of sp³-hybridized carbons (Fsp3) is 0.308. The first-order chi connectivity index (χ1) is 9.74. The maximum atomic E-state index is 12.1. The van der Waals surface area contributed by atoms with Gasteiger partial charge in [0.25, 0.3) is 5.91 Å². The number of methoxy groups -OCH3 is 1. The minimum atomic E-state index is -0.268. The quantitative estimate of drug-likeness (QED) is 0.855. The highest BCUT2D eigenvalue weighted by molar-refractivity contribution is 7.17. The lowest BCUT2D eigenvalue weighted by Gasteiger charge is -2.08. The van der Waals surface area contributed by atoms with Crippen LogP contribution in [0.2, 0.25) is 0 Å². The minimum absolute atomic E-state index is 0.268. The Kier molecular flexibility index (Phi) is 5.03. The number of rotatable bonds is 6.